The van der Waals surface area contributed by atoms with E-state index in [9.17, 15) is 4.79 Å². The van der Waals surface area contributed by atoms with E-state index in [4.69, 9.17) is 0 Å². The van der Waals surface area contributed by atoms with Gasteiger partial charge in [-0.2, -0.15) is 0 Å². The molecular formula is C11H17BrN2OS. The normalized spacial score (nSPS) is 10.4. The van der Waals surface area contributed by atoms with Gasteiger partial charge in [-0.25, -0.2) is 4.98 Å². The van der Waals surface area contributed by atoms with Gasteiger partial charge < -0.3 is 5.32 Å². The molecule has 0 saturated carbocycles. The van der Waals surface area contributed by atoms with Crippen LogP contribution in [0.4, 0.5) is 0 Å². The molecule has 1 amide bonds. The third-order valence-corrected chi connectivity index (χ3v) is 3.54. The third kappa shape index (κ3) is 5.61. The number of thiazole rings is 1. The van der Waals surface area contributed by atoms with E-state index < -0.39 is 0 Å². The first-order valence-electron chi connectivity index (χ1n) is 5.46. The Kier molecular flexibility index (Phi) is 6.64. The maximum absolute atomic E-state index is 11.4. The van der Waals surface area contributed by atoms with Crippen molar-refractivity contribution >= 4 is 33.2 Å². The quantitative estimate of drug-likeness (QED) is 0.621. The Bertz CT molecular complexity index is 328. The predicted octanol–water partition coefficient (Wildman–Crippen LogP) is 2.68. The fourth-order valence-electron chi connectivity index (χ4n) is 1.32. The monoisotopic (exact) mass is 304 g/mol. The van der Waals surface area contributed by atoms with E-state index in [1.54, 1.807) is 11.3 Å². The zero-order chi connectivity index (χ0) is 11.8. The maximum atomic E-state index is 11.4. The van der Waals surface area contributed by atoms with Gasteiger partial charge in [-0.15, -0.1) is 11.3 Å². The van der Waals surface area contributed by atoms with E-state index in [1.807, 2.05) is 12.3 Å². The van der Waals surface area contributed by atoms with E-state index in [0.29, 0.717) is 13.0 Å². The molecule has 0 fully saturated rings. The number of aromatic nitrogens is 1. The summed E-state index contributed by atoms with van der Waals surface area (Å²) in [6, 6.07) is 0. The van der Waals surface area contributed by atoms with Gasteiger partial charge in [0.2, 0.25) is 5.91 Å². The fourth-order valence-corrected chi connectivity index (χ4v) is 2.37. The van der Waals surface area contributed by atoms with Crippen molar-refractivity contribution in [1.29, 1.82) is 0 Å². The Morgan fingerprint density at radius 2 is 2.38 bits per heavy atom. The van der Waals surface area contributed by atoms with Crippen LogP contribution < -0.4 is 5.32 Å². The zero-order valence-electron chi connectivity index (χ0n) is 9.46. The molecule has 1 rings (SSSR count). The van der Waals surface area contributed by atoms with Crippen LogP contribution >= 0.6 is 27.3 Å². The van der Waals surface area contributed by atoms with Gasteiger partial charge in [0.15, 0.2) is 0 Å². The Balaban J connectivity index is 2.08. The molecule has 0 spiro atoms. The first kappa shape index (κ1) is 13.6. The van der Waals surface area contributed by atoms with Crippen molar-refractivity contribution in [1.82, 2.24) is 10.3 Å². The van der Waals surface area contributed by atoms with E-state index in [0.717, 1.165) is 35.3 Å². The number of unbranched alkanes of at least 4 members (excludes halogenated alkanes) is 1. The Labute approximate surface area is 109 Å². The van der Waals surface area contributed by atoms with Crippen molar-refractivity contribution in [3.63, 3.8) is 0 Å². The standard InChI is InChI=1S/C11H17BrN2OS/c1-9-14-10(8-16-9)5-7-13-11(15)4-2-3-6-12/h8H,2-7H2,1H3,(H,13,15). The summed E-state index contributed by atoms with van der Waals surface area (Å²) in [7, 11) is 0. The summed E-state index contributed by atoms with van der Waals surface area (Å²) >= 11 is 5.00. The number of alkyl halides is 1. The van der Waals surface area contributed by atoms with Crippen LogP contribution in [0.2, 0.25) is 0 Å². The molecule has 0 atom stereocenters. The van der Waals surface area contributed by atoms with Crippen LogP contribution in [0, 0.1) is 6.92 Å². The SMILES string of the molecule is Cc1nc(CCNC(=O)CCCCBr)cs1. The Hall–Kier alpha value is -0.420. The number of rotatable bonds is 7. The number of hydrogen-bond acceptors (Lipinski definition) is 3. The zero-order valence-corrected chi connectivity index (χ0v) is 11.9. The molecule has 0 unspecified atom stereocenters. The molecule has 1 aromatic rings. The minimum atomic E-state index is 0.146. The topological polar surface area (TPSA) is 42.0 Å². The van der Waals surface area contributed by atoms with Crippen LogP contribution in [0.1, 0.15) is 30.0 Å². The molecule has 0 radical (unpaired) electrons. The van der Waals surface area contributed by atoms with Gasteiger partial charge in [-0.1, -0.05) is 15.9 Å². The molecule has 0 saturated heterocycles. The van der Waals surface area contributed by atoms with Gasteiger partial charge in [-0.05, 0) is 19.8 Å². The minimum absolute atomic E-state index is 0.146. The highest BCUT2D eigenvalue weighted by molar-refractivity contribution is 9.09. The molecule has 3 nitrogen and oxygen atoms in total. The molecule has 1 aromatic heterocycles. The lowest BCUT2D eigenvalue weighted by Crippen LogP contribution is -2.25. The highest BCUT2D eigenvalue weighted by Gasteiger charge is 2.02. The number of halogens is 1. The Morgan fingerprint density at radius 3 is 3.00 bits per heavy atom. The predicted molar refractivity (Wildman–Crippen MR) is 71.2 cm³/mol. The van der Waals surface area contributed by atoms with Gasteiger partial charge in [-0.3, -0.25) is 4.79 Å². The highest BCUT2D eigenvalue weighted by Crippen LogP contribution is 2.07. The summed E-state index contributed by atoms with van der Waals surface area (Å²) < 4.78 is 0. The van der Waals surface area contributed by atoms with Crippen molar-refractivity contribution in [2.24, 2.45) is 0 Å². The summed E-state index contributed by atoms with van der Waals surface area (Å²) in [5.74, 6) is 0.146. The van der Waals surface area contributed by atoms with E-state index >= 15 is 0 Å². The lowest BCUT2D eigenvalue weighted by Gasteiger charge is -2.03. The van der Waals surface area contributed by atoms with Gasteiger partial charge >= 0.3 is 0 Å². The number of nitrogens with zero attached hydrogens (tertiary/aromatic N) is 1. The molecule has 1 N–H and O–H groups in total. The molecule has 0 aromatic carbocycles. The smallest absolute Gasteiger partial charge is 0.220 e. The summed E-state index contributed by atoms with van der Waals surface area (Å²) in [5, 5.41) is 7.01. The van der Waals surface area contributed by atoms with Crippen LogP contribution in [0.15, 0.2) is 5.38 Å². The number of carbonyl (C=O) groups is 1. The van der Waals surface area contributed by atoms with Crippen LogP contribution in [0.5, 0.6) is 0 Å². The van der Waals surface area contributed by atoms with Crippen molar-refractivity contribution < 1.29 is 4.79 Å². The number of nitrogens with one attached hydrogen (secondary N) is 1. The van der Waals surface area contributed by atoms with Crippen molar-refractivity contribution in [3.8, 4) is 0 Å². The van der Waals surface area contributed by atoms with Gasteiger partial charge in [0, 0.05) is 30.1 Å². The fraction of sp³-hybridized carbons (Fsp3) is 0.636. The molecule has 0 aliphatic heterocycles. The van der Waals surface area contributed by atoms with Gasteiger partial charge in [0.25, 0.3) is 0 Å². The minimum Gasteiger partial charge on any atom is -0.356 e. The molecule has 1 heterocycles. The van der Waals surface area contributed by atoms with Crippen LogP contribution in [0.25, 0.3) is 0 Å². The van der Waals surface area contributed by atoms with E-state index in [2.05, 4.69) is 26.2 Å². The molecule has 5 heteroatoms. The highest BCUT2D eigenvalue weighted by atomic mass is 79.9. The second-order valence-electron chi connectivity index (χ2n) is 3.60. The second-order valence-corrected chi connectivity index (χ2v) is 5.46. The van der Waals surface area contributed by atoms with Gasteiger partial charge in [0.1, 0.15) is 0 Å². The number of carbonyl (C=O) groups excluding carboxylic acids is 1. The van der Waals surface area contributed by atoms with Crippen LogP contribution in [-0.2, 0) is 11.2 Å². The van der Waals surface area contributed by atoms with Crippen molar-refractivity contribution in [2.75, 3.05) is 11.9 Å². The summed E-state index contributed by atoms with van der Waals surface area (Å²) in [6.07, 6.45) is 3.46. The first-order chi connectivity index (χ1) is 7.72. The molecule has 16 heavy (non-hydrogen) atoms. The number of aryl methyl sites for hydroxylation is 1. The van der Waals surface area contributed by atoms with E-state index in [-0.39, 0.29) is 5.91 Å². The number of hydrogen-bond donors (Lipinski definition) is 1. The maximum Gasteiger partial charge on any atom is 0.220 e. The van der Waals surface area contributed by atoms with Gasteiger partial charge in [0.05, 0.1) is 10.7 Å². The van der Waals surface area contributed by atoms with E-state index in [1.165, 1.54) is 0 Å². The van der Waals surface area contributed by atoms with Crippen molar-refractivity contribution in [2.45, 2.75) is 32.6 Å². The third-order valence-electron chi connectivity index (χ3n) is 2.16. The molecule has 90 valence electrons. The average Bonchev–Trinajstić information content (AvgIpc) is 2.65. The summed E-state index contributed by atoms with van der Waals surface area (Å²) in [5.41, 5.74) is 1.07. The largest absolute Gasteiger partial charge is 0.356 e. The molecule has 0 bridgehead atoms. The molecule has 0 aliphatic carbocycles. The average molecular weight is 305 g/mol. The van der Waals surface area contributed by atoms with Crippen LogP contribution in [0.3, 0.4) is 0 Å². The lowest BCUT2D eigenvalue weighted by molar-refractivity contribution is -0.121. The summed E-state index contributed by atoms with van der Waals surface area (Å²) in [6.45, 7) is 2.68. The first-order valence-corrected chi connectivity index (χ1v) is 7.46. The summed E-state index contributed by atoms with van der Waals surface area (Å²) in [4.78, 5) is 15.7. The molecule has 0 aliphatic rings. The second kappa shape index (κ2) is 7.79. The van der Waals surface area contributed by atoms with Crippen molar-refractivity contribution in [3.05, 3.63) is 16.1 Å². The molecular weight excluding hydrogens is 288 g/mol. The van der Waals surface area contributed by atoms with Crippen LogP contribution in [-0.4, -0.2) is 22.8 Å². The number of amides is 1. The Morgan fingerprint density at radius 1 is 1.56 bits per heavy atom. The lowest BCUT2D eigenvalue weighted by atomic mass is 10.2.